The summed E-state index contributed by atoms with van der Waals surface area (Å²) in [5.74, 6) is 2.49. The van der Waals surface area contributed by atoms with Gasteiger partial charge >= 0.3 is 0 Å². The second-order valence-corrected chi connectivity index (χ2v) is 14.6. The molecule has 0 N–H and O–H groups in total. The van der Waals surface area contributed by atoms with Crippen LogP contribution < -0.4 is 4.90 Å². The maximum absolute atomic E-state index is 5.11. The van der Waals surface area contributed by atoms with Gasteiger partial charge in [-0.05, 0) is 77.9 Å². The third-order valence-electron chi connectivity index (χ3n) is 10.5. The fourth-order valence-electron chi connectivity index (χ4n) is 7.48. The molecule has 0 aliphatic carbocycles. The van der Waals surface area contributed by atoms with Crippen molar-refractivity contribution in [2.24, 2.45) is 0 Å². The van der Waals surface area contributed by atoms with E-state index >= 15 is 0 Å². The highest BCUT2D eigenvalue weighted by Gasteiger charge is 2.17. The van der Waals surface area contributed by atoms with Gasteiger partial charge in [0.15, 0.2) is 23.3 Å². The Morgan fingerprint density at radius 1 is 0.213 bits per heavy atom. The van der Waals surface area contributed by atoms with Gasteiger partial charge in [0, 0.05) is 50.4 Å². The van der Waals surface area contributed by atoms with Crippen LogP contribution in [-0.4, -0.2) is 24.9 Å². The topological polar surface area (TPSA) is 67.7 Å². The summed E-state index contributed by atoms with van der Waals surface area (Å²) in [5, 5.41) is 0. The van der Waals surface area contributed by atoms with E-state index in [-0.39, 0.29) is 0 Å². The third kappa shape index (κ3) is 8.06. The highest BCUT2D eigenvalue weighted by Crippen LogP contribution is 2.36. The molecule has 0 unspecified atom stereocenters. The number of anilines is 3. The third-order valence-corrected chi connectivity index (χ3v) is 10.5. The van der Waals surface area contributed by atoms with E-state index in [1.54, 1.807) is 0 Å². The first-order valence-electron chi connectivity index (χ1n) is 20.3. The van der Waals surface area contributed by atoms with Crippen LogP contribution in [0.25, 0.3) is 79.2 Å². The summed E-state index contributed by atoms with van der Waals surface area (Å²) in [6.45, 7) is 0. The van der Waals surface area contributed by atoms with Crippen LogP contribution in [0.15, 0.2) is 231 Å². The highest BCUT2D eigenvalue weighted by atomic mass is 15.1. The number of nitrogens with zero attached hydrogens (tertiary/aromatic N) is 6. The van der Waals surface area contributed by atoms with E-state index in [1.807, 2.05) is 91.0 Å². The molecule has 0 saturated carbocycles. The van der Waals surface area contributed by atoms with Crippen molar-refractivity contribution in [3.63, 3.8) is 0 Å². The molecule has 0 fully saturated rings. The van der Waals surface area contributed by atoms with E-state index in [0.29, 0.717) is 23.3 Å². The number of hydrogen-bond donors (Lipinski definition) is 0. The van der Waals surface area contributed by atoms with E-state index in [4.69, 9.17) is 24.9 Å². The molecule has 0 bridgehead atoms. The SMILES string of the molecule is c1ccc(-c2cc(-c3cccc(-c4cccc(-c5nc(-c6ccccc6)nc(-c6ccc(N(c7ccccc7)c7ccccc7)cc6)n5)c4)c3)nc(-c3ccccc3)n2)cc1. The molecule has 288 valence electrons. The Bertz CT molecular complexity index is 2950. The molecule has 0 aliphatic heterocycles. The maximum Gasteiger partial charge on any atom is 0.164 e. The molecular weight excluding hydrogens is 745 g/mol. The molecule has 10 aromatic rings. The summed E-state index contributed by atoms with van der Waals surface area (Å²) >= 11 is 0. The Balaban J connectivity index is 1.02. The smallest absolute Gasteiger partial charge is 0.164 e. The lowest BCUT2D eigenvalue weighted by Crippen LogP contribution is -2.09. The molecular formula is C55H38N6. The van der Waals surface area contributed by atoms with Crippen LogP contribution in [0, 0.1) is 0 Å². The number of para-hydroxylation sites is 2. The van der Waals surface area contributed by atoms with Crippen molar-refractivity contribution >= 4 is 17.1 Å². The molecule has 2 heterocycles. The molecule has 0 atom stereocenters. The summed E-state index contributed by atoms with van der Waals surface area (Å²) in [6, 6.07) is 78.6. The Morgan fingerprint density at radius 3 is 1.05 bits per heavy atom. The van der Waals surface area contributed by atoms with Crippen molar-refractivity contribution < 1.29 is 0 Å². The van der Waals surface area contributed by atoms with Crippen LogP contribution in [0.2, 0.25) is 0 Å². The Morgan fingerprint density at radius 2 is 0.541 bits per heavy atom. The second kappa shape index (κ2) is 16.9. The normalized spacial score (nSPS) is 11.0. The number of benzene rings is 8. The molecule has 0 radical (unpaired) electrons. The van der Waals surface area contributed by atoms with Crippen molar-refractivity contribution in [3.8, 4) is 79.2 Å². The van der Waals surface area contributed by atoms with Gasteiger partial charge in [-0.2, -0.15) is 0 Å². The zero-order valence-electron chi connectivity index (χ0n) is 33.1. The average Bonchev–Trinajstić information content (AvgIpc) is 3.35. The molecule has 10 rings (SSSR count). The number of rotatable bonds is 10. The van der Waals surface area contributed by atoms with Gasteiger partial charge in [0.2, 0.25) is 0 Å². The summed E-state index contributed by atoms with van der Waals surface area (Å²) in [7, 11) is 0. The van der Waals surface area contributed by atoms with Crippen LogP contribution in [-0.2, 0) is 0 Å². The second-order valence-electron chi connectivity index (χ2n) is 14.6. The Kier molecular flexibility index (Phi) is 10.2. The highest BCUT2D eigenvalue weighted by molar-refractivity contribution is 5.80. The van der Waals surface area contributed by atoms with E-state index < -0.39 is 0 Å². The van der Waals surface area contributed by atoms with Crippen molar-refractivity contribution in [3.05, 3.63) is 231 Å². The van der Waals surface area contributed by atoms with Gasteiger partial charge in [-0.3, -0.25) is 0 Å². The molecule has 0 saturated heterocycles. The molecule has 6 heteroatoms. The molecule has 0 amide bonds. The minimum atomic E-state index is 0.594. The van der Waals surface area contributed by atoms with E-state index in [2.05, 4.69) is 144 Å². The first-order valence-corrected chi connectivity index (χ1v) is 20.3. The first kappa shape index (κ1) is 37.0. The zero-order chi connectivity index (χ0) is 40.8. The van der Waals surface area contributed by atoms with Gasteiger partial charge in [0.05, 0.1) is 11.4 Å². The van der Waals surface area contributed by atoms with E-state index in [1.165, 1.54) is 0 Å². The molecule has 0 spiro atoms. The first-order chi connectivity index (χ1) is 30.2. The molecule has 8 aromatic carbocycles. The lowest BCUT2D eigenvalue weighted by atomic mass is 9.99. The van der Waals surface area contributed by atoms with Crippen molar-refractivity contribution in [2.45, 2.75) is 0 Å². The molecule has 61 heavy (non-hydrogen) atoms. The maximum atomic E-state index is 5.11. The standard InChI is InChI=1S/C55H38N6/c1-6-18-39(19-7-1)50-38-51(57-52(56-50)40-20-8-2-9-21-40)45-26-16-24-43(36-45)44-25-17-27-46(37-44)55-59-53(41-22-10-3-11-23-41)58-54(60-55)42-32-34-49(35-33-42)61(47-28-12-4-13-29-47)48-30-14-5-15-31-48/h1-38H. The Hall–Kier alpha value is -8.35. The van der Waals surface area contributed by atoms with Gasteiger partial charge < -0.3 is 4.90 Å². The van der Waals surface area contributed by atoms with Crippen LogP contribution in [0.4, 0.5) is 17.1 Å². The minimum absolute atomic E-state index is 0.594. The van der Waals surface area contributed by atoms with E-state index in [9.17, 15) is 0 Å². The van der Waals surface area contributed by atoms with Crippen LogP contribution in [0.1, 0.15) is 0 Å². The Labute approximate surface area is 355 Å². The van der Waals surface area contributed by atoms with Gasteiger partial charge in [0.25, 0.3) is 0 Å². The predicted octanol–water partition coefficient (Wildman–Crippen LogP) is 13.8. The quantitative estimate of drug-likeness (QED) is 0.138. The lowest BCUT2D eigenvalue weighted by molar-refractivity contribution is 1.07. The molecule has 2 aromatic heterocycles. The van der Waals surface area contributed by atoms with Gasteiger partial charge in [-0.15, -0.1) is 0 Å². The number of hydrogen-bond acceptors (Lipinski definition) is 6. The van der Waals surface area contributed by atoms with Crippen molar-refractivity contribution in [1.29, 1.82) is 0 Å². The van der Waals surface area contributed by atoms with Crippen molar-refractivity contribution in [1.82, 2.24) is 24.9 Å². The number of aromatic nitrogens is 5. The molecule has 6 nitrogen and oxygen atoms in total. The minimum Gasteiger partial charge on any atom is -0.311 e. The summed E-state index contributed by atoms with van der Waals surface area (Å²) in [5.41, 5.74) is 12.7. The lowest BCUT2D eigenvalue weighted by Gasteiger charge is -2.25. The van der Waals surface area contributed by atoms with Gasteiger partial charge in [-0.1, -0.05) is 164 Å². The average molecular weight is 783 g/mol. The summed E-state index contributed by atoms with van der Waals surface area (Å²) < 4.78 is 0. The monoisotopic (exact) mass is 782 g/mol. The zero-order valence-corrected chi connectivity index (χ0v) is 33.1. The fourth-order valence-corrected chi connectivity index (χ4v) is 7.48. The summed E-state index contributed by atoms with van der Waals surface area (Å²) in [6.07, 6.45) is 0. The van der Waals surface area contributed by atoms with Crippen LogP contribution in [0.3, 0.4) is 0 Å². The predicted molar refractivity (Wildman–Crippen MR) is 248 cm³/mol. The fraction of sp³-hybridized carbons (Fsp3) is 0. The largest absolute Gasteiger partial charge is 0.311 e. The van der Waals surface area contributed by atoms with Crippen LogP contribution >= 0.6 is 0 Å². The summed E-state index contributed by atoms with van der Waals surface area (Å²) in [4.78, 5) is 27.5. The van der Waals surface area contributed by atoms with E-state index in [0.717, 1.165) is 73.0 Å². The van der Waals surface area contributed by atoms with Gasteiger partial charge in [-0.25, -0.2) is 24.9 Å². The van der Waals surface area contributed by atoms with Crippen molar-refractivity contribution in [2.75, 3.05) is 4.90 Å². The molecule has 0 aliphatic rings. The van der Waals surface area contributed by atoms with Crippen LogP contribution in [0.5, 0.6) is 0 Å². The van der Waals surface area contributed by atoms with Gasteiger partial charge in [0.1, 0.15) is 0 Å².